The van der Waals surface area contributed by atoms with Crippen LogP contribution in [-0.2, 0) is 11.3 Å². The molecule has 0 saturated carbocycles. The molecule has 0 aromatic heterocycles. The van der Waals surface area contributed by atoms with Gasteiger partial charge in [0.25, 0.3) is 11.8 Å². The van der Waals surface area contributed by atoms with Crippen LogP contribution in [0.1, 0.15) is 53.0 Å². The molecule has 0 unspecified atom stereocenters. The molecule has 7 nitrogen and oxygen atoms in total. The molecule has 3 amide bonds. The first-order valence-electron chi connectivity index (χ1n) is 12.4. The van der Waals surface area contributed by atoms with Gasteiger partial charge in [0.15, 0.2) is 0 Å². The first-order chi connectivity index (χ1) is 17.5. The van der Waals surface area contributed by atoms with E-state index in [2.05, 4.69) is 29.8 Å². The summed E-state index contributed by atoms with van der Waals surface area (Å²) < 4.78 is 0. The number of hydrogen-bond acceptors (Lipinski definition) is 4. The van der Waals surface area contributed by atoms with Crippen LogP contribution in [0, 0.1) is 0 Å². The van der Waals surface area contributed by atoms with E-state index in [1.54, 1.807) is 42.5 Å². The number of nitrogens with zero attached hydrogens (tertiary/aromatic N) is 1. The number of rotatable bonds is 12. The Labute approximate surface area is 212 Å². The normalized spacial score (nSPS) is 10.4. The van der Waals surface area contributed by atoms with Crippen LogP contribution in [0.5, 0.6) is 0 Å². The van der Waals surface area contributed by atoms with Gasteiger partial charge in [0.05, 0.1) is 6.54 Å². The lowest BCUT2D eigenvalue weighted by molar-refractivity contribution is -0.114. The number of carbonyl (C=O) groups is 3. The van der Waals surface area contributed by atoms with Gasteiger partial charge in [0.2, 0.25) is 5.91 Å². The second-order valence-corrected chi connectivity index (χ2v) is 8.52. The monoisotopic (exact) mass is 486 g/mol. The molecule has 0 radical (unpaired) electrons. The molecule has 3 rings (SSSR count). The van der Waals surface area contributed by atoms with Gasteiger partial charge in [-0.25, -0.2) is 0 Å². The minimum atomic E-state index is -0.257. The van der Waals surface area contributed by atoms with Gasteiger partial charge in [-0.3, -0.25) is 14.4 Å². The predicted molar refractivity (Wildman–Crippen MR) is 144 cm³/mol. The Morgan fingerprint density at radius 2 is 1.39 bits per heavy atom. The number of anilines is 2. The van der Waals surface area contributed by atoms with Crippen molar-refractivity contribution in [2.24, 2.45) is 0 Å². The highest BCUT2D eigenvalue weighted by Gasteiger charge is 2.15. The third-order valence-corrected chi connectivity index (χ3v) is 5.54. The third kappa shape index (κ3) is 7.98. The first kappa shape index (κ1) is 26.5. The summed E-state index contributed by atoms with van der Waals surface area (Å²) in [5.74, 6) is -0.476. The maximum atomic E-state index is 12.9. The Hall–Kier alpha value is -4.13. The Balaban J connectivity index is 1.54. The molecule has 0 heterocycles. The molecule has 0 aliphatic rings. The topological polar surface area (TPSA) is 90.5 Å². The molecular weight excluding hydrogens is 452 g/mol. The van der Waals surface area contributed by atoms with E-state index in [-0.39, 0.29) is 24.3 Å². The molecule has 0 aliphatic heterocycles. The highest BCUT2D eigenvalue weighted by Crippen LogP contribution is 2.15. The Bertz CT molecular complexity index is 1160. The van der Waals surface area contributed by atoms with Gasteiger partial charge in [-0.2, -0.15) is 0 Å². The predicted octanol–water partition coefficient (Wildman–Crippen LogP) is 4.93. The fourth-order valence-electron chi connectivity index (χ4n) is 3.81. The fraction of sp³-hybridized carbons (Fsp3) is 0.276. The summed E-state index contributed by atoms with van der Waals surface area (Å²) in [4.78, 5) is 39.8. The molecule has 0 saturated heterocycles. The van der Waals surface area contributed by atoms with E-state index in [1.807, 2.05) is 41.3 Å². The van der Waals surface area contributed by atoms with Crippen molar-refractivity contribution in [3.63, 3.8) is 0 Å². The summed E-state index contributed by atoms with van der Waals surface area (Å²) in [5, 5.41) is 8.78. The van der Waals surface area contributed by atoms with Crippen molar-refractivity contribution in [2.45, 2.75) is 33.2 Å². The number of hydrogen-bond donors (Lipinski definition) is 3. The number of carbonyl (C=O) groups excluding carboxylic acids is 3. The van der Waals surface area contributed by atoms with E-state index < -0.39 is 0 Å². The number of amides is 3. The van der Waals surface area contributed by atoms with Crippen molar-refractivity contribution in [3.05, 3.63) is 95.6 Å². The van der Waals surface area contributed by atoms with Gasteiger partial charge in [-0.15, -0.1) is 0 Å². The first-order valence-corrected chi connectivity index (χ1v) is 12.4. The van der Waals surface area contributed by atoms with Gasteiger partial charge in [0.1, 0.15) is 0 Å². The molecule has 3 aromatic rings. The van der Waals surface area contributed by atoms with Crippen LogP contribution in [-0.4, -0.2) is 42.3 Å². The average molecular weight is 487 g/mol. The molecule has 36 heavy (non-hydrogen) atoms. The van der Waals surface area contributed by atoms with Gasteiger partial charge in [-0.05, 0) is 54.8 Å². The lowest BCUT2D eigenvalue weighted by Gasteiger charge is -2.21. The number of benzene rings is 3. The van der Waals surface area contributed by atoms with Crippen molar-refractivity contribution in [2.75, 3.05) is 30.3 Å². The van der Waals surface area contributed by atoms with Crippen molar-refractivity contribution in [3.8, 4) is 0 Å². The summed E-state index contributed by atoms with van der Waals surface area (Å²) in [5.41, 5.74) is 3.30. The summed E-state index contributed by atoms with van der Waals surface area (Å²) in [6.45, 7) is 6.00. The van der Waals surface area contributed by atoms with Gasteiger partial charge >= 0.3 is 0 Å². The highest BCUT2D eigenvalue weighted by atomic mass is 16.2. The molecule has 188 valence electrons. The smallest absolute Gasteiger partial charge is 0.253 e. The molecule has 3 aromatic carbocycles. The summed E-state index contributed by atoms with van der Waals surface area (Å²) >= 11 is 0. The second-order valence-electron chi connectivity index (χ2n) is 8.52. The third-order valence-electron chi connectivity index (χ3n) is 5.54. The van der Waals surface area contributed by atoms with Crippen LogP contribution in [0.15, 0.2) is 78.9 Å². The van der Waals surface area contributed by atoms with E-state index in [1.165, 1.54) is 0 Å². The molecular formula is C29H34N4O3. The highest BCUT2D eigenvalue weighted by molar-refractivity contribution is 5.98. The maximum absolute atomic E-state index is 12.9. The molecule has 0 aliphatic carbocycles. The minimum Gasteiger partial charge on any atom is -0.376 e. The van der Waals surface area contributed by atoms with Crippen LogP contribution >= 0.6 is 0 Å². The van der Waals surface area contributed by atoms with Gasteiger partial charge in [0, 0.05) is 42.1 Å². The zero-order valence-electron chi connectivity index (χ0n) is 20.9. The van der Waals surface area contributed by atoms with Crippen molar-refractivity contribution in [1.29, 1.82) is 0 Å². The molecule has 0 bridgehead atoms. The van der Waals surface area contributed by atoms with Crippen LogP contribution in [0.25, 0.3) is 0 Å². The largest absolute Gasteiger partial charge is 0.376 e. The number of nitrogens with one attached hydrogen (secondary N) is 3. The Morgan fingerprint density at radius 1 is 0.750 bits per heavy atom. The lowest BCUT2D eigenvalue weighted by Crippen LogP contribution is -2.32. The zero-order valence-corrected chi connectivity index (χ0v) is 20.9. The van der Waals surface area contributed by atoms with E-state index in [4.69, 9.17) is 0 Å². The van der Waals surface area contributed by atoms with Gasteiger partial charge < -0.3 is 20.9 Å². The fourth-order valence-corrected chi connectivity index (χ4v) is 3.81. The summed E-state index contributed by atoms with van der Waals surface area (Å²) in [7, 11) is 0. The van der Waals surface area contributed by atoms with Crippen molar-refractivity contribution >= 4 is 29.1 Å². The quantitative estimate of drug-likeness (QED) is 0.339. The van der Waals surface area contributed by atoms with E-state index in [9.17, 15) is 14.4 Å². The van der Waals surface area contributed by atoms with Gasteiger partial charge in [-0.1, -0.05) is 56.3 Å². The Morgan fingerprint density at radius 3 is 2.08 bits per heavy atom. The summed E-state index contributed by atoms with van der Waals surface area (Å²) in [6, 6.07) is 23.7. The van der Waals surface area contributed by atoms with Crippen LogP contribution in [0.2, 0.25) is 0 Å². The average Bonchev–Trinajstić information content (AvgIpc) is 2.91. The van der Waals surface area contributed by atoms with Crippen LogP contribution in [0.3, 0.4) is 0 Å². The lowest BCUT2D eigenvalue weighted by atomic mass is 10.1. The van der Waals surface area contributed by atoms with Crippen molar-refractivity contribution in [1.82, 2.24) is 10.2 Å². The molecule has 0 spiro atoms. The Kier molecular flexibility index (Phi) is 10.1. The van der Waals surface area contributed by atoms with Crippen LogP contribution < -0.4 is 16.0 Å². The molecule has 0 fully saturated rings. The van der Waals surface area contributed by atoms with E-state index >= 15 is 0 Å². The van der Waals surface area contributed by atoms with Crippen LogP contribution in [0.4, 0.5) is 11.4 Å². The maximum Gasteiger partial charge on any atom is 0.253 e. The molecule has 3 N–H and O–H groups in total. The SMILES string of the molecule is CCCN(CCC)C(=O)c1cccc(NCC(=O)Nc2cccc(C(=O)NCc3ccccc3)c2)c1. The van der Waals surface area contributed by atoms with Crippen molar-refractivity contribution < 1.29 is 14.4 Å². The van der Waals surface area contributed by atoms with E-state index in [0.717, 1.165) is 31.5 Å². The second kappa shape index (κ2) is 13.7. The zero-order chi connectivity index (χ0) is 25.8. The molecule has 7 heteroatoms. The summed E-state index contributed by atoms with van der Waals surface area (Å²) in [6.07, 6.45) is 1.81. The molecule has 0 atom stereocenters. The minimum absolute atomic E-state index is 0.00541. The standard InChI is InChI=1S/C29H34N4O3/c1-3-16-33(17-4-2)29(36)24-13-9-14-25(19-24)30-21-27(34)32-26-15-8-12-23(18-26)28(35)31-20-22-10-6-5-7-11-22/h5-15,18-19,30H,3-4,16-17,20-21H2,1-2H3,(H,31,35)(H,32,34). The van der Waals surface area contributed by atoms with E-state index in [0.29, 0.717) is 29.0 Å².